The van der Waals surface area contributed by atoms with Crippen LogP contribution in [0.25, 0.3) is 0 Å². The van der Waals surface area contributed by atoms with Gasteiger partial charge in [-0.2, -0.15) is 0 Å². The monoisotopic (exact) mass is 126 g/mol. The van der Waals surface area contributed by atoms with Gasteiger partial charge in [-0.25, -0.2) is 4.98 Å². The van der Waals surface area contributed by atoms with Crippen molar-refractivity contribution in [1.82, 2.24) is 0 Å². The minimum Gasteiger partial charge on any atom is -0.263 e. The number of aromatic nitrogens is 1. The molecule has 0 aliphatic rings. The van der Waals surface area contributed by atoms with E-state index in [2.05, 4.69) is 4.98 Å². The van der Waals surface area contributed by atoms with E-state index in [4.69, 9.17) is 0 Å². The molecule has 0 unspecified atom stereocenters. The van der Waals surface area contributed by atoms with E-state index in [-0.39, 0.29) is 8.46 Å². The highest BCUT2D eigenvalue weighted by Crippen LogP contribution is 1.84. The van der Waals surface area contributed by atoms with Crippen molar-refractivity contribution in [3.63, 3.8) is 0 Å². The van der Waals surface area contributed by atoms with Crippen LogP contribution in [-0.4, -0.2) is 0 Å². The highest BCUT2D eigenvalue weighted by Gasteiger charge is 1.92. The lowest BCUT2D eigenvalue weighted by molar-refractivity contribution is -0.355. The highest BCUT2D eigenvalue weighted by molar-refractivity contribution is 7.33. The number of H-pyrrole nitrogens is 1. The van der Waals surface area contributed by atoms with Gasteiger partial charge in [-0.15, -0.1) is 0 Å². The first-order valence-electron chi connectivity index (χ1n) is 2.23. The van der Waals surface area contributed by atoms with Gasteiger partial charge in [-0.1, -0.05) is 0 Å². The van der Waals surface area contributed by atoms with E-state index in [1.165, 1.54) is 0 Å². The lowest BCUT2D eigenvalue weighted by Crippen LogP contribution is -2.18. The molecule has 1 N–H and O–H groups in total. The van der Waals surface area contributed by atoms with Gasteiger partial charge >= 0.3 is 0 Å². The van der Waals surface area contributed by atoms with E-state index in [1.54, 1.807) is 12.3 Å². The quantitative estimate of drug-likeness (QED) is 0.501. The number of rotatable bonds is 1. The van der Waals surface area contributed by atoms with Crippen molar-refractivity contribution in [2.75, 3.05) is 0 Å². The van der Waals surface area contributed by atoms with Gasteiger partial charge in [0.05, 0.1) is 0 Å². The lowest BCUT2D eigenvalue weighted by Gasteiger charge is -1.72. The van der Waals surface area contributed by atoms with E-state index in [0.29, 0.717) is 5.44 Å². The van der Waals surface area contributed by atoms with Gasteiger partial charge in [0.15, 0.2) is 6.20 Å². The largest absolute Gasteiger partial charge is 0.270 e. The Labute approximate surface area is 48.8 Å². The van der Waals surface area contributed by atoms with Crippen LogP contribution in [-0.2, 0) is 4.57 Å². The molecule has 2 nitrogen and oxygen atoms in total. The normalized spacial score (nSPS) is 9.50. The summed E-state index contributed by atoms with van der Waals surface area (Å²) < 4.78 is 10.1. The first-order chi connectivity index (χ1) is 3.93. The summed E-state index contributed by atoms with van der Waals surface area (Å²) in [6, 6.07) is 5.43. The fourth-order valence-electron chi connectivity index (χ4n) is 0.441. The predicted molar refractivity (Wildman–Crippen MR) is 30.2 cm³/mol. The first kappa shape index (κ1) is 5.39. The first-order valence-corrected chi connectivity index (χ1v) is 3.05. The third kappa shape index (κ3) is 1.11. The Bertz CT molecular complexity index is 175. The van der Waals surface area contributed by atoms with Gasteiger partial charge < -0.3 is 0 Å². The predicted octanol–water partition coefficient (Wildman–Crippen LogP) is 0.418. The van der Waals surface area contributed by atoms with E-state index in [0.717, 1.165) is 0 Å². The summed E-state index contributed by atoms with van der Waals surface area (Å²) in [7, 11) is 0.0439. The van der Waals surface area contributed by atoms with Gasteiger partial charge in [-0.05, 0) is 6.07 Å². The molecule has 1 heterocycles. The summed E-state index contributed by atoms with van der Waals surface area (Å²) in [5.41, 5.74) is 0.701. The van der Waals surface area contributed by atoms with Crippen LogP contribution in [0.2, 0.25) is 0 Å². The summed E-state index contributed by atoms with van der Waals surface area (Å²) >= 11 is 0. The Morgan fingerprint density at radius 2 is 2.38 bits per heavy atom. The fourth-order valence-corrected chi connectivity index (χ4v) is 0.715. The molecule has 1 aromatic rings. The molecule has 0 atom stereocenters. The second-order valence-corrected chi connectivity index (χ2v) is 2.00. The van der Waals surface area contributed by atoms with Crippen LogP contribution in [0.3, 0.4) is 0 Å². The molecule has 0 saturated carbocycles. The number of aromatic amines is 1. The number of hydrogen-bond acceptors (Lipinski definition) is 1. The Kier molecular flexibility index (Phi) is 1.70. The second-order valence-electron chi connectivity index (χ2n) is 1.34. The lowest BCUT2D eigenvalue weighted by atomic mass is 10.5. The zero-order chi connectivity index (χ0) is 5.82. The molecule has 0 amide bonds. The number of pyridine rings is 1. The fraction of sp³-hybridized carbons (Fsp3) is 0. The molecule has 0 aliphatic heterocycles. The maximum absolute atomic E-state index is 10.1. The SMILES string of the molecule is O=Pc1cccc[nH+]1. The molecule has 0 radical (unpaired) electrons. The molecule has 0 bridgehead atoms. The summed E-state index contributed by atoms with van der Waals surface area (Å²) in [4.78, 5) is 2.79. The van der Waals surface area contributed by atoms with Gasteiger partial charge in [0.25, 0.3) is 13.9 Å². The maximum atomic E-state index is 10.1. The summed E-state index contributed by atoms with van der Waals surface area (Å²) in [5.74, 6) is 0. The third-order valence-electron chi connectivity index (χ3n) is 0.791. The minimum atomic E-state index is 0.0439. The molecule has 8 heavy (non-hydrogen) atoms. The van der Waals surface area contributed by atoms with E-state index in [9.17, 15) is 4.57 Å². The summed E-state index contributed by atoms with van der Waals surface area (Å²) in [6.07, 6.45) is 1.74. The van der Waals surface area contributed by atoms with Crippen LogP contribution < -0.4 is 10.4 Å². The van der Waals surface area contributed by atoms with Gasteiger partial charge in [-0.3, -0.25) is 4.57 Å². The van der Waals surface area contributed by atoms with Crippen LogP contribution >= 0.6 is 8.46 Å². The molecular weight excluding hydrogens is 121 g/mol. The molecule has 1 aromatic heterocycles. The van der Waals surface area contributed by atoms with Crippen molar-refractivity contribution in [1.29, 1.82) is 0 Å². The average molecular weight is 126 g/mol. The molecular formula is C5H5NOP+. The Morgan fingerprint density at radius 1 is 1.50 bits per heavy atom. The second kappa shape index (κ2) is 2.53. The van der Waals surface area contributed by atoms with E-state index < -0.39 is 0 Å². The molecule has 0 aromatic carbocycles. The number of nitrogens with one attached hydrogen (secondary N) is 1. The minimum absolute atomic E-state index is 0.0439. The van der Waals surface area contributed by atoms with Crippen molar-refractivity contribution >= 4 is 13.9 Å². The topological polar surface area (TPSA) is 31.2 Å². The number of hydrogen-bond donors (Lipinski definition) is 0. The standard InChI is InChI=1S/C5H4NOP/c7-8-5-3-1-2-4-6-5/h1-4H/p+1. The third-order valence-corrected chi connectivity index (χ3v) is 1.27. The summed E-state index contributed by atoms with van der Waals surface area (Å²) in [5, 5.41) is 0. The Morgan fingerprint density at radius 3 is 2.75 bits per heavy atom. The highest BCUT2D eigenvalue weighted by atomic mass is 31.1. The maximum Gasteiger partial charge on any atom is 0.270 e. The van der Waals surface area contributed by atoms with Crippen LogP contribution in [0.5, 0.6) is 0 Å². The summed E-state index contributed by atoms with van der Waals surface area (Å²) in [6.45, 7) is 0. The van der Waals surface area contributed by atoms with Crippen molar-refractivity contribution in [3.8, 4) is 0 Å². The van der Waals surface area contributed by atoms with Crippen LogP contribution in [0.4, 0.5) is 0 Å². The zero-order valence-corrected chi connectivity index (χ0v) is 5.06. The van der Waals surface area contributed by atoms with Crippen molar-refractivity contribution in [3.05, 3.63) is 24.4 Å². The molecule has 40 valence electrons. The van der Waals surface area contributed by atoms with Crippen molar-refractivity contribution in [2.45, 2.75) is 0 Å². The molecule has 0 aliphatic carbocycles. The smallest absolute Gasteiger partial charge is 0.263 e. The van der Waals surface area contributed by atoms with Crippen molar-refractivity contribution in [2.24, 2.45) is 0 Å². The van der Waals surface area contributed by atoms with E-state index in [1.807, 2.05) is 12.1 Å². The Hall–Kier alpha value is -0.750. The molecule has 1 rings (SSSR count). The Balaban J connectivity index is 2.99. The van der Waals surface area contributed by atoms with Crippen LogP contribution in [0.15, 0.2) is 24.4 Å². The zero-order valence-electron chi connectivity index (χ0n) is 4.16. The van der Waals surface area contributed by atoms with Crippen LogP contribution in [0, 0.1) is 0 Å². The van der Waals surface area contributed by atoms with Gasteiger partial charge in [0, 0.05) is 12.1 Å². The average Bonchev–Trinajstić information content (AvgIpc) is 1.90. The molecule has 0 saturated heterocycles. The van der Waals surface area contributed by atoms with E-state index >= 15 is 0 Å². The van der Waals surface area contributed by atoms with Gasteiger partial charge in [0.1, 0.15) is 0 Å². The van der Waals surface area contributed by atoms with Crippen LogP contribution in [0.1, 0.15) is 0 Å². The van der Waals surface area contributed by atoms with Gasteiger partial charge in [0.2, 0.25) is 0 Å². The molecule has 0 fully saturated rings. The molecule has 0 spiro atoms. The van der Waals surface area contributed by atoms with Crippen molar-refractivity contribution < 1.29 is 9.55 Å². The molecule has 3 heteroatoms.